The second kappa shape index (κ2) is 8.03. The predicted molar refractivity (Wildman–Crippen MR) is 104 cm³/mol. The van der Waals surface area contributed by atoms with Gasteiger partial charge < -0.3 is 5.32 Å². The van der Waals surface area contributed by atoms with E-state index in [0.29, 0.717) is 16.6 Å². The molecule has 1 amide bonds. The van der Waals surface area contributed by atoms with Crippen LogP contribution in [0.3, 0.4) is 0 Å². The molecule has 2 atom stereocenters. The third kappa shape index (κ3) is 4.05. The van der Waals surface area contributed by atoms with Gasteiger partial charge in [0.1, 0.15) is 6.04 Å². The average Bonchev–Trinajstić information content (AvgIpc) is 2.56. The molecule has 1 aliphatic rings. The molecular weight excluding hydrogens is 355 g/mol. The lowest BCUT2D eigenvalue weighted by Gasteiger charge is -2.34. The number of hydrogen-bond donors (Lipinski definition) is 1. The predicted octanol–water partition coefficient (Wildman–Crippen LogP) is 4.86. The summed E-state index contributed by atoms with van der Waals surface area (Å²) in [5, 5.41) is 4.31. The van der Waals surface area contributed by atoms with Gasteiger partial charge in [0.15, 0.2) is 0 Å². The van der Waals surface area contributed by atoms with Crippen LogP contribution in [0.1, 0.15) is 36.8 Å². The third-order valence-electron chi connectivity index (χ3n) is 4.34. The first-order chi connectivity index (χ1) is 12.1. The summed E-state index contributed by atoms with van der Waals surface area (Å²) in [6.45, 7) is 2.78. The fraction of sp³-hybridized carbons (Fsp3) is 0.300. The molecule has 0 aliphatic carbocycles. The van der Waals surface area contributed by atoms with Crippen LogP contribution in [0.15, 0.2) is 53.5 Å². The van der Waals surface area contributed by atoms with Crippen molar-refractivity contribution in [1.29, 1.82) is 0 Å². The first-order valence-electron chi connectivity index (χ1n) is 8.47. The number of nitrogens with one attached hydrogen (secondary N) is 1. The van der Waals surface area contributed by atoms with E-state index in [1.165, 1.54) is 0 Å². The molecule has 1 heterocycles. The van der Waals surface area contributed by atoms with Crippen LogP contribution in [0.4, 0.5) is 0 Å². The van der Waals surface area contributed by atoms with Crippen LogP contribution < -0.4 is 5.32 Å². The van der Waals surface area contributed by atoms with Crippen molar-refractivity contribution in [3.05, 3.63) is 69.7 Å². The first-order valence-corrected chi connectivity index (χ1v) is 9.22. The molecule has 0 spiro atoms. The molecule has 0 saturated carbocycles. The zero-order chi connectivity index (χ0) is 17.8. The molecule has 2 unspecified atom stereocenters. The van der Waals surface area contributed by atoms with Gasteiger partial charge in [-0.05, 0) is 41.8 Å². The second-order valence-corrected chi connectivity index (χ2v) is 7.02. The standard InChI is InChI=1S/C20H20Cl2N2O/c1-2-3-11-23-20(25)19-17(13-7-9-15(21)10-8-13)18(24-19)14-5-4-6-16(22)12-14/h4-10,12,17,19H,2-3,11H2,1H3,(H,23,25). The van der Waals surface area contributed by atoms with Gasteiger partial charge in [0.25, 0.3) is 0 Å². The summed E-state index contributed by atoms with van der Waals surface area (Å²) >= 11 is 12.1. The molecule has 0 bridgehead atoms. The van der Waals surface area contributed by atoms with Gasteiger partial charge in [-0.2, -0.15) is 0 Å². The monoisotopic (exact) mass is 374 g/mol. The van der Waals surface area contributed by atoms with Crippen LogP contribution in [0, 0.1) is 0 Å². The Hall–Kier alpha value is -1.84. The van der Waals surface area contributed by atoms with Crippen LogP contribution in [0.25, 0.3) is 0 Å². The van der Waals surface area contributed by atoms with Crippen LogP contribution >= 0.6 is 23.2 Å². The Morgan fingerprint density at radius 3 is 2.56 bits per heavy atom. The number of benzene rings is 2. The van der Waals surface area contributed by atoms with Crippen molar-refractivity contribution < 1.29 is 4.79 Å². The van der Waals surface area contributed by atoms with Gasteiger partial charge in [0.05, 0.1) is 11.6 Å². The van der Waals surface area contributed by atoms with Gasteiger partial charge in [-0.3, -0.25) is 9.79 Å². The topological polar surface area (TPSA) is 41.5 Å². The average molecular weight is 375 g/mol. The van der Waals surface area contributed by atoms with Crippen molar-refractivity contribution in [3.8, 4) is 0 Å². The zero-order valence-electron chi connectivity index (χ0n) is 14.0. The molecule has 25 heavy (non-hydrogen) atoms. The van der Waals surface area contributed by atoms with Crippen LogP contribution in [-0.2, 0) is 4.79 Å². The molecule has 3 rings (SSSR count). The molecule has 1 N–H and O–H groups in total. The van der Waals surface area contributed by atoms with Crippen molar-refractivity contribution in [1.82, 2.24) is 5.32 Å². The Bertz CT molecular complexity index is 787. The molecule has 0 fully saturated rings. The minimum Gasteiger partial charge on any atom is -0.354 e. The first kappa shape index (κ1) is 18.0. The number of carbonyl (C=O) groups excluding carboxylic acids is 1. The highest BCUT2D eigenvalue weighted by Gasteiger charge is 2.41. The number of nitrogens with zero attached hydrogens (tertiary/aromatic N) is 1. The fourth-order valence-electron chi connectivity index (χ4n) is 2.99. The maximum atomic E-state index is 12.5. The quantitative estimate of drug-likeness (QED) is 0.720. The zero-order valence-corrected chi connectivity index (χ0v) is 15.5. The Labute approximate surface area is 158 Å². The highest BCUT2D eigenvalue weighted by molar-refractivity contribution is 6.31. The van der Waals surface area contributed by atoms with Gasteiger partial charge in [-0.1, -0.05) is 60.8 Å². The highest BCUT2D eigenvalue weighted by atomic mass is 35.5. The van der Waals surface area contributed by atoms with E-state index in [1.807, 2.05) is 48.5 Å². The van der Waals surface area contributed by atoms with Gasteiger partial charge >= 0.3 is 0 Å². The third-order valence-corrected chi connectivity index (χ3v) is 4.82. The van der Waals surface area contributed by atoms with Crippen molar-refractivity contribution in [2.45, 2.75) is 31.7 Å². The summed E-state index contributed by atoms with van der Waals surface area (Å²) in [5.41, 5.74) is 2.87. The maximum Gasteiger partial charge on any atom is 0.245 e. The van der Waals surface area contributed by atoms with E-state index in [9.17, 15) is 4.79 Å². The smallest absolute Gasteiger partial charge is 0.245 e. The summed E-state index contributed by atoms with van der Waals surface area (Å²) in [6, 6.07) is 14.8. The largest absolute Gasteiger partial charge is 0.354 e. The van der Waals surface area contributed by atoms with Crippen molar-refractivity contribution in [3.63, 3.8) is 0 Å². The Kier molecular flexibility index (Phi) is 5.77. The van der Waals surface area contributed by atoms with Crippen molar-refractivity contribution in [2.24, 2.45) is 4.99 Å². The molecule has 3 nitrogen and oxygen atoms in total. The Balaban J connectivity index is 1.89. The van der Waals surface area contributed by atoms with E-state index < -0.39 is 6.04 Å². The Morgan fingerprint density at radius 1 is 1.12 bits per heavy atom. The lowest BCUT2D eigenvalue weighted by atomic mass is 9.78. The second-order valence-electron chi connectivity index (χ2n) is 6.14. The molecular formula is C20H20Cl2N2O. The van der Waals surface area contributed by atoms with Crippen LogP contribution in [-0.4, -0.2) is 24.2 Å². The highest BCUT2D eigenvalue weighted by Crippen LogP contribution is 2.36. The van der Waals surface area contributed by atoms with Crippen molar-refractivity contribution >= 4 is 34.8 Å². The number of aliphatic imine (C=N–C) groups is 1. The van der Waals surface area contributed by atoms with Crippen molar-refractivity contribution in [2.75, 3.05) is 6.54 Å². The number of rotatable bonds is 6. The summed E-state index contributed by atoms with van der Waals surface area (Å²) in [7, 11) is 0. The normalized spacial score (nSPS) is 19.1. The molecule has 0 aromatic heterocycles. The SMILES string of the molecule is CCCCNC(=O)C1N=C(c2cccc(Cl)c2)C1c1ccc(Cl)cc1. The van der Waals surface area contributed by atoms with E-state index in [-0.39, 0.29) is 11.8 Å². The summed E-state index contributed by atoms with van der Waals surface area (Å²) in [4.78, 5) is 17.1. The van der Waals surface area contributed by atoms with Gasteiger partial charge in [0, 0.05) is 16.6 Å². The minimum absolute atomic E-state index is 0.0285. The molecule has 1 aliphatic heterocycles. The number of amides is 1. The summed E-state index contributed by atoms with van der Waals surface area (Å²) in [5.74, 6) is -0.114. The van der Waals surface area contributed by atoms with Gasteiger partial charge in [-0.15, -0.1) is 0 Å². The lowest BCUT2D eigenvalue weighted by Crippen LogP contribution is -2.47. The Morgan fingerprint density at radius 2 is 1.88 bits per heavy atom. The molecule has 5 heteroatoms. The summed E-state index contributed by atoms with van der Waals surface area (Å²) < 4.78 is 0. The van der Waals surface area contributed by atoms with Crippen LogP contribution in [0.2, 0.25) is 10.0 Å². The van der Waals surface area contributed by atoms with E-state index >= 15 is 0 Å². The van der Waals surface area contributed by atoms with Crippen LogP contribution in [0.5, 0.6) is 0 Å². The van der Waals surface area contributed by atoms with Gasteiger partial charge in [0.2, 0.25) is 5.91 Å². The molecule has 0 saturated heterocycles. The number of carbonyl (C=O) groups is 1. The number of halogens is 2. The number of hydrogen-bond acceptors (Lipinski definition) is 2. The van der Waals surface area contributed by atoms with E-state index in [2.05, 4.69) is 17.2 Å². The van der Waals surface area contributed by atoms with Gasteiger partial charge in [-0.25, -0.2) is 0 Å². The molecule has 130 valence electrons. The summed E-state index contributed by atoms with van der Waals surface area (Å²) in [6.07, 6.45) is 2.01. The molecule has 2 aromatic rings. The molecule has 0 radical (unpaired) electrons. The lowest BCUT2D eigenvalue weighted by molar-refractivity contribution is -0.122. The van der Waals surface area contributed by atoms with E-state index in [4.69, 9.17) is 23.2 Å². The maximum absolute atomic E-state index is 12.5. The van der Waals surface area contributed by atoms with E-state index in [0.717, 1.165) is 29.7 Å². The van der Waals surface area contributed by atoms with E-state index in [1.54, 1.807) is 0 Å². The number of unbranched alkanes of at least 4 members (excludes halogenated alkanes) is 1. The minimum atomic E-state index is -0.410. The fourth-order valence-corrected chi connectivity index (χ4v) is 3.30. The molecule has 2 aromatic carbocycles.